The summed E-state index contributed by atoms with van der Waals surface area (Å²) < 4.78 is 0. The van der Waals surface area contributed by atoms with Crippen LogP contribution in [0, 0.1) is 12.3 Å². The third-order valence-corrected chi connectivity index (χ3v) is 5.01. The maximum absolute atomic E-state index is 6.27. The fourth-order valence-electron chi connectivity index (χ4n) is 3.32. The lowest BCUT2D eigenvalue weighted by Gasteiger charge is -2.36. The second-order valence-corrected chi connectivity index (χ2v) is 6.38. The van der Waals surface area contributed by atoms with Gasteiger partial charge in [0.2, 0.25) is 0 Å². The Bertz CT molecular complexity index is 762. The molecule has 2 aromatic rings. The van der Waals surface area contributed by atoms with Crippen molar-refractivity contribution >= 4 is 28.2 Å². The summed E-state index contributed by atoms with van der Waals surface area (Å²) in [5.74, 6) is 0.720. The van der Waals surface area contributed by atoms with Gasteiger partial charge in [-0.25, -0.2) is 9.97 Å². The van der Waals surface area contributed by atoms with E-state index in [9.17, 15) is 0 Å². The van der Waals surface area contributed by atoms with Gasteiger partial charge < -0.3 is 4.90 Å². The molecule has 1 aliphatic carbocycles. The molecule has 2 aliphatic rings. The molecule has 0 N–H and O–H groups in total. The van der Waals surface area contributed by atoms with Crippen LogP contribution in [0.15, 0.2) is 24.4 Å². The second-order valence-electron chi connectivity index (χ2n) is 6.02. The first kappa shape index (κ1) is 12.2. The van der Waals surface area contributed by atoms with Crippen LogP contribution in [-0.2, 0) is 6.42 Å². The fraction of sp³-hybridized carbons (Fsp3) is 0.375. The first-order valence-electron chi connectivity index (χ1n) is 6.90. The average molecular weight is 286 g/mol. The van der Waals surface area contributed by atoms with E-state index >= 15 is 0 Å². The van der Waals surface area contributed by atoms with Crippen LogP contribution in [0.3, 0.4) is 0 Å². The van der Waals surface area contributed by atoms with E-state index in [0.29, 0.717) is 10.6 Å². The van der Waals surface area contributed by atoms with Crippen LogP contribution in [0.2, 0.25) is 5.15 Å². The SMILES string of the molecule is C=C1N(C)c2cc3c(Cl)nc(C)nc3cc2CC12CC2. The highest BCUT2D eigenvalue weighted by Gasteiger charge is 2.49. The molecule has 0 radical (unpaired) electrons. The molecule has 0 atom stereocenters. The number of rotatable bonds is 0. The largest absolute Gasteiger partial charge is 0.348 e. The Hall–Kier alpha value is -1.61. The highest BCUT2D eigenvalue weighted by Crippen LogP contribution is 2.58. The highest BCUT2D eigenvalue weighted by molar-refractivity contribution is 6.34. The number of nitrogens with zero attached hydrogens (tertiary/aromatic N) is 3. The first-order valence-corrected chi connectivity index (χ1v) is 7.28. The molecule has 0 saturated heterocycles. The smallest absolute Gasteiger partial charge is 0.140 e. The summed E-state index contributed by atoms with van der Waals surface area (Å²) in [4.78, 5) is 11.0. The zero-order valence-electron chi connectivity index (χ0n) is 11.7. The second kappa shape index (κ2) is 3.73. The van der Waals surface area contributed by atoms with Crippen LogP contribution in [0.4, 0.5) is 5.69 Å². The molecule has 0 bridgehead atoms. The summed E-state index contributed by atoms with van der Waals surface area (Å²) in [6.45, 7) is 6.16. The Kier molecular flexibility index (Phi) is 2.27. The van der Waals surface area contributed by atoms with E-state index < -0.39 is 0 Å². The van der Waals surface area contributed by atoms with Crippen molar-refractivity contribution in [3.05, 3.63) is 40.9 Å². The van der Waals surface area contributed by atoms with E-state index in [1.807, 2.05) is 6.92 Å². The molecular formula is C16H16ClN3. The number of hydrogen-bond donors (Lipinski definition) is 0. The van der Waals surface area contributed by atoms with E-state index in [4.69, 9.17) is 11.6 Å². The summed E-state index contributed by atoms with van der Waals surface area (Å²) >= 11 is 6.27. The van der Waals surface area contributed by atoms with Crippen molar-refractivity contribution in [1.82, 2.24) is 9.97 Å². The quantitative estimate of drug-likeness (QED) is 0.688. The number of aryl methyl sites for hydroxylation is 1. The molecule has 1 aliphatic heterocycles. The van der Waals surface area contributed by atoms with Crippen molar-refractivity contribution in [3.63, 3.8) is 0 Å². The normalized spacial score (nSPS) is 19.6. The maximum atomic E-state index is 6.27. The summed E-state index contributed by atoms with van der Waals surface area (Å²) in [6, 6.07) is 4.28. The number of anilines is 1. The van der Waals surface area contributed by atoms with Crippen LogP contribution in [0.25, 0.3) is 10.9 Å². The lowest BCUT2D eigenvalue weighted by Crippen LogP contribution is -2.30. The standard InChI is InChI=1S/C16H16ClN3/c1-9-16(4-5-16)8-11-6-13-12(7-14(11)20(9)3)15(17)19-10(2)18-13/h6-7H,1,4-5,8H2,2-3H3. The molecule has 1 fully saturated rings. The van der Waals surface area contributed by atoms with Gasteiger partial charge in [-0.2, -0.15) is 0 Å². The van der Waals surface area contributed by atoms with Crippen LogP contribution in [-0.4, -0.2) is 17.0 Å². The Morgan fingerprint density at radius 2 is 2.05 bits per heavy atom. The molecule has 1 saturated carbocycles. The zero-order chi connectivity index (χ0) is 14.1. The van der Waals surface area contributed by atoms with Crippen molar-refractivity contribution in [1.29, 1.82) is 0 Å². The van der Waals surface area contributed by atoms with Crippen LogP contribution in [0.1, 0.15) is 24.2 Å². The molecule has 2 heterocycles. The molecule has 1 aromatic carbocycles. The number of allylic oxidation sites excluding steroid dienone is 1. The molecule has 1 aromatic heterocycles. The van der Waals surface area contributed by atoms with Gasteiger partial charge in [0.1, 0.15) is 11.0 Å². The molecule has 102 valence electrons. The third-order valence-electron chi connectivity index (χ3n) is 4.72. The number of benzene rings is 1. The maximum Gasteiger partial charge on any atom is 0.140 e. The van der Waals surface area contributed by atoms with Gasteiger partial charge in [-0.1, -0.05) is 18.2 Å². The summed E-state index contributed by atoms with van der Waals surface area (Å²) in [5, 5.41) is 1.45. The van der Waals surface area contributed by atoms with Gasteiger partial charge in [0.25, 0.3) is 0 Å². The molecule has 3 nitrogen and oxygen atoms in total. The van der Waals surface area contributed by atoms with Crippen molar-refractivity contribution in [2.45, 2.75) is 26.2 Å². The Morgan fingerprint density at radius 3 is 2.75 bits per heavy atom. The topological polar surface area (TPSA) is 29.0 Å². The van der Waals surface area contributed by atoms with Crippen LogP contribution in [0.5, 0.6) is 0 Å². The Morgan fingerprint density at radius 1 is 1.30 bits per heavy atom. The predicted molar refractivity (Wildman–Crippen MR) is 82.2 cm³/mol. The summed E-state index contributed by atoms with van der Waals surface area (Å²) in [5.41, 5.74) is 5.02. The van der Waals surface area contributed by atoms with E-state index in [0.717, 1.165) is 23.1 Å². The molecule has 0 amide bonds. The van der Waals surface area contributed by atoms with E-state index in [-0.39, 0.29) is 0 Å². The minimum Gasteiger partial charge on any atom is -0.348 e. The van der Waals surface area contributed by atoms with Gasteiger partial charge in [0, 0.05) is 29.2 Å². The lowest BCUT2D eigenvalue weighted by atomic mass is 9.87. The number of aromatic nitrogens is 2. The van der Waals surface area contributed by atoms with Gasteiger partial charge in [0.05, 0.1) is 5.52 Å². The predicted octanol–water partition coefficient (Wildman–Crippen LogP) is 3.88. The zero-order valence-corrected chi connectivity index (χ0v) is 12.5. The minimum atomic E-state index is 0.307. The van der Waals surface area contributed by atoms with Gasteiger partial charge in [-0.3, -0.25) is 0 Å². The van der Waals surface area contributed by atoms with Crippen molar-refractivity contribution in [2.24, 2.45) is 5.41 Å². The average Bonchev–Trinajstić information content (AvgIpc) is 3.15. The molecule has 4 rings (SSSR count). The molecule has 4 heteroatoms. The summed E-state index contributed by atoms with van der Waals surface area (Å²) in [7, 11) is 2.09. The van der Waals surface area contributed by atoms with Crippen molar-refractivity contribution < 1.29 is 0 Å². The Balaban J connectivity index is 1.98. The monoisotopic (exact) mass is 285 g/mol. The van der Waals surface area contributed by atoms with Gasteiger partial charge in [-0.05, 0) is 43.9 Å². The van der Waals surface area contributed by atoms with E-state index in [1.54, 1.807) is 0 Å². The first-order chi connectivity index (χ1) is 9.50. The van der Waals surface area contributed by atoms with Gasteiger partial charge in [-0.15, -0.1) is 0 Å². The van der Waals surface area contributed by atoms with Crippen LogP contribution < -0.4 is 4.90 Å². The fourth-order valence-corrected chi connectivity index (χ4v) is 3.59. The van der Waals surface area contributed by atoms with Crippen molar-refractivity contribution in [3.8, 4) is 0 Å². The molecule has 1 spiro atoms. The number of hydrogen-bond acceptors (Lipinski definition) is 3. The molecule has 0 unspecified atom stereocenters. The van der Waals surface area contributed by atoms with Crippen LogP contribution >= 0.6 is 11.6 Å². The van der Waals surface area contributed by atoms with Crippen molar-refractivity contribution in [2.75, 3.05) is 11.9 Å². The molecular weight excluding hydrogens is 270 g/mol. The third kappa shape index (κ3) is 1.53. The highest BCUT2D eigenvalue weighted by atomic mass is 35.5. The van der Waals surface area contributed by atoms with Gasteiger partial charge >= 0.3 is 0 Å². The molecule has 20 heavy (non-hydrogen) atoms. The van der Waals surface area contributed by atoms with E-state index in [1.165, 1.54) is 29.8 Å². The Labute approximate surface area is 123 Å². The van der Waals surface area contributed by atoms with E-state index in [2.05, 4.69) is 40.6 Å². The lowest BCUT2D eigenvalue weighted by molar-refractivity contribution is 0.567. The summed E-state index contributed by atoms with van der Waals surface area (Å²) in [6.07, 6.45) is 3.57. The number of fused-ring (bicyclic) bond motifs is 2. The van der Waals surface area contributed by atoms with Gasteiger partial charge in [0.15, 0.2) is 0 Å². The number of halogens is 1. The minimum absolute atomic E-state index is 0.307.